The lowest BCUT2D eigenvalue weighted by molar-refractivity contribution is -0.144. The minimum absolute atomic E-state index is 0.278. The molecule has 0 aliphatic rings. The molecule has 1 aromatic rings. The number of benzene rings is 1. The van der Waals surface area contributed by atoms with Crippen LogP contribution in [0.3, 0.4) is 0 Å². The van der Waals surface area contributed by atoms with E-state index in [1.807, 2.05) is 6.07 Å². The summed E-state index contributed by atoms with van der Waals surface area (Å²) in [6, 6.07) is 7.10. The molecule has 1 rings (SSSR count). The first kappa shape index (κ1) is 13.0. The third-order valence-corrected chi connectivity index (χ3v) is 2.49. The molecule has 4 heteroatoms. The Morgan fingerprint density at radius 1 is 1.53 bits per heavy atom. The van der Waals surface area contributed by atoms with Gasteiger partial charge in [0, 0.05) is 0 Å². The Bertz CT molecular complexity index is 448. The third-order valence-electron chi connectivity index (χ3n) is 2.49. The second-order valence-electron chi connectivity index (χ2n) is 3.55. The summed E-state index contributed by atoms with van der Waals surface area (Å²) in [6.45, 7) is 3.89. The summed E-state index contributed by atoms with van der Waals surface area (Å²) in [5.41, 5.74) is 1.23. The van der Waals surface area contributed by atoms with Crippen LogP contribution in [0.5, 0.6) is 5.75 Å². The molecule has 1 atom stereocenters. The van der Waals surface area contributed by atoms with Gasteiger partial charge in [-0.1, -0.05) is 6.07 Å². The second-order valence-corrected chi connectivity index (χ2v) is 3.55. The van der Waals surface area contributed by atoms with E-state index >= 15 is 0 Å². The van der Waals surface area contributed by atoms with Gasteiger partial charge in [0.1, 0.15) is 11.8 Å². The first-order valence-corrected chi connectivity index (χ1v) is 5.38. The summed E-state index contributed by atoms with van der Waals surface area (Å²) >= 11 is 0. The summed E-state index contributed by atoms with van der Waals surface area (Å²) in [5.74, 6) is -0.169. The van der Waals surface area contributed by atoms with Crippen molar-refractivity contribution in [2.75, 3.05) is 13.7 Å². The smallest absolute Gasteiger partial charge is 0.313 e. The number of hydrogen-bond donors (Lipinski definition) is 0. The maximum Gasteiger partial charge on any atom is 0.313 e. The molecule has 0 saturated heterocycles. The van der Waals surface area contributed by atoms with Crippen LogP contribution in [0.2, 0.25) is 0 Å². The normalized spacial score (nSPS) is 11.4. The molecule has 0 aliphatic heterocycles. The molecule has 0 amide bonds. The molecule has 0 aromatic heterocycles. The van der Waals surface area contributed by atoms with Crippen molar-refractivity contribution in [2.24, 2.45) is 0 Å². The Kier molecular flexibility index (Phi) is 4.53. The van der Waals surface area contributed by atoms with E-state index in [4.69, 9.17) is 14.7 Å². The number of carbonyl (C=O) groups excluding carboxylic acids is 1. The van der Waals surface area contributed by atoms with Crippen molar-refractivity contribution >= 4 is 5.97 Å². The van der Waals surface area contributed by atoms with Gasteiger partial charge >= 0.3 is 5.97 Å². The number of rotatable bonds is 4. The predicted molar refractivity (Wildman–Crippen MR) is 62.8 cm³/mol. The lowest BCUT2D eigenvalue weighted by Gasteiger charge is -2.12. The largest absolute Gasteiger partial charge is 0.495 e. The monoisotopic (exact) mass is 233 g/mol. The first-order valence-electron chi connectivity index (χ1n) is 5.38. The Balaban J connectivity index is 3.00. The summed E-state index contributed by atoms with van der Waals surface area (Å²) in [6.07, 6.45) is 0. The zero-order valence-corrected chi connectivity index (χ0v) is 10.2. The van der Waals surface area contributed by atoms with E-state index in [2.05, 4.69) is 0 Å². The highest BCUT2D eigenvalue weighted by Crippen LogP contribution is 2.25. The molecule has 0 fully saturated rings. The Hall–Kier alpha value is -2.02. The van der Waals surface area contributed by atoms with Crippen molar-refractivity contribution in [2.45, 2.75) is 19.8 Å². The second kappa shape index (κ2) is 5.90. The number of hydrogen-bond acceptors (Lipinski definition) is 4. The number of methoxy groups -OCH3 is 1. The summed E-state index contributed by atoms with van der Waals surface area (Å²) in [5, 5.41) is 8.85. The number of nitriles is 1. The van der Waals surface area contributed by atoms with Gasteiger partial charge in [-0.25, -0.2) is 0 Å². The third kappa shape index (κ3) is 2.97. The lowest BCUT2D eigenvalue weighted by Crippen LogP contribution is -2.13. The fourth-order valence-corrected chi connectivity index (χ4v) is 1.47. The van der Waals surface area contributed by atoms with Crippen LogP contribution in [0, 0.1) is 11.3 Å². The molecular weight excluding hydrogens is 218 g/mol. The topological polar surface area (TPSA) is 59.3 Å². The molecule has 0 bridgehead atoms. The number of carbonyl (C=O) groups is 1. The molecule has 0 saturated carbocycles. The molecule has 0 spiro atoms. The molecule has 4 nitrogen and oxygen atoms in total. The molecular formula is C13H15NO3. The molecule has 1 unspecified atom stereocenters. The van der Waals surface area contributed by atoms with Gasteiger partial charge in [-0.2, -0.15) is 5.26 Å². The Labute approximate surface area is 101 Å². The zero-order chi connectivity index (χ0) is 12.8. The molecule has 17 heavy (non-hydrogen) atoms. The molecule has 0 N–H and O–H groups in total. The lowest BCUT2D eigenvalue weighted by atomic mass is 9.99. The van der Waals surface area contributed by atoms with Crippen LogP contribution in [-0.4, -0.2) is 19.7 Å². The van der Waals surface area contributed by atoms with Gasteiger partial charge in [-0.3, -0.25) is 4.79 Å². The summed E-state index contributed by atoms with van der Waals surface area (Å²) < 4.78 is 10.0. The fraction of sp³-hybridized carbons (Fsp3) is 0.385. The highest BCUT2D eigenvalue weighted by Gasteiger charge is 2.17. The molecule has 0 aliphatic carbocycles. The van der Waals surface area contributed by atoms with Crippen LogP contribution in [-0.2, 0) is 9.53 Å². The van der Waals surface area contributed by atoms with Gasteiger partial charge in [0.2, 0.25) is 0 Å². The van der Waals surface area contributed by atoms with E-state index in [-0.39, 0.29) is 11.9 Å². The van der Waals surface area contributed by atoms with Crippen LogP contribution in [0.1, 0.15) is 30.9 Å². The van der Waals surface area contributed by atoms with E-state index in [9.17, 15) is 4.79 Å². The molecule has 1 aromatic carbocycles. The van der Waals surface area contributed by atoms with Gasteiger partial charge in [0.25, 0.3) is 0 Å². The molecule has 0 heterocycles. The fourth-order valence-electron chi connectivity index (χ4n) is 1.47. The van der Waals surface area contributed by atoms with E-state index in [0.29, 0.717) is 17.9 Å². The number of nitrogens with zero attached hydrogens (tertiary/aromatic N) is 1. The van der Waals surface area contributed by atoms with Crippen LogP contribution >= 0.6 is 0 Å². The maximum absolute atomic E-state index is 11.6. The quantitative estimate of drug-likeness (QED) is 0.748. The number of ether oxygens (including phenoxy) is 2. The predicted octanol–water partition coefficient (Wildman–Crippen LogP) is 2.23. The average Bonchev–Trinajstić information content (AvgIpc) is 2.37. The van der Waals surface area contributed by atoms with E-state index in [1.54, 1.807) is 32.0 Å². The van der Waals surface area contributed by atoms with Crippen molar-refractivity contribution in [3.8, 4) is 11.8 Å². The molecule has 90 valence electrons. The highest BCUT2D eigenvalue weighted by atomic mass is 16.5. The number of esters is 1. The highest BCUT2D eigenvalue weighted by molar-refractivity contribution is 5.78. The molecule has 0 radical (unpaired) electrons. The van der Waals surface area contributed by atoms with E-state index in [1.165, 1.54) is 7.11 Å². The maximum atomic E-state index is 11.6. The van der Waals surface area contributed by atoms with Crippen molar-refractivity contribution in [3.05, 3.63) is 29.3 Å². The van der Waals surface area contributed by atoms with Crippen LogP contribution < -0.4 is 4.74 Å². The van der Waals surface area contributed by atoms with Gasteiger partial charge in [0.15, 0.2) is 0 Å². The van der Waals surface area contributed by atoms with Crippen LogP contribution in [0.15, 0.2) is 18.2 Å². The zero-order valence-electron chi connectivity index (χ0n) is 10.2. The van der Waals surface area contributed by atoms with Gasteiger partial charge < -0.3 is 9.47 Å². The van der Waals surface area contributed by atoms with E-state index < -0.39 is 0 Å². The minimum atomic E-state index is -0.364. The van der Waals surface area contributed by atoms with Gasteiger partial charge in [0.05, 0.1) is 25.2 Å². The Morgan fingerprint density at radius 3 is 2.76 bits per heavy atom. The van der Waals surface area contributed by atoms with Crippen molar-refractivity contribution in [1.29, 1.82) is 5.26 Å². The van der Waals surface area contributed by atoms with Crippen molar-refractivity contribution in [3.63, 3.8) is 0 Å². The first-order chi connectivity index (χ1) is 8.13. The minimum Gasteiger partial charge on any atom is -0.495 e. The average molecular weight is 233 g/mol. The van der Waals surface area contributed by atoms with Crippen molar-refractivity contribution < 1.29 is 14.3 Å². The van der Waals surface area contributed by atoms with Gasteiger partial charge in [-0.05, 0) is 31.5 Å². The van der Waals surface area contributed by atoms with Gasteiger partial charge in [-0.15, -0.1) is 0 Å². The van der Waals surface area contributed by atoms with Crippen molar-refractivity contribution in [1.82, 2.24) is 0 Å². The standard InChI is InChI=1S/C13H15NO3/c1-4-17-13(15)9(2)10-5-6-11(8-14)12(7-10)16-3/h5-7,9H,4H2,1-3H3. The summed E-state index contributed by atoms with van der Waals surface area (Å²) in [4.78, 5) is 11.6. The van der Waals surface area contributed by atoms with E-state index in [0.717, 1.165) is 5.56 Å². The summed E-state index contributed by atoms with van der Waals surface area (Å²) in [7, 11) is 1.50. The SMILES string of the molecule is CCOC(=O)C(C)c1ccc(C#N)c(OC)c1. The van der Waals surface area contributed by atoms with Crippen LogP contribution in [0.4, 0.5) is 0 Å². The Morgan fingerprint density at radius 2 is 2.24 bits per heavy atom. The van der Waals surface area contributed by atoms with Crippen LogP contribution in [0.25, 0.3) is 0 Å².